The molecular formula is C44H94N6O6. The first-order valence-electron chi connectivity index (χ1n) is 21.3. The third-order valence-electron chi connectivity index (χ3n) is 8.18. The van der Waals surface area contributed by atoms with E-state index in [-0.39, 0.29) is 46.8 Å². The molecule has 12 nitrogen and oxygen atoms in total. The molecule has 1 unspecified atom stereocenters. The van der Waals surface area contributed by atoms with Crippen molar-refractivity contribution in [1.29, 1.82) is 0 Å². The van der Waals surface area contributed by atoms with Crippen LogP contribution in [0.1, 0.15) is 206 Å². The van der Waals surface area contributed by atoms with Crippen LogP contribution in [0.15, 0.2) is 0 Å². The van der Waals surface area contributed by atoms with Crippen molar-refractivity contribution < 1.29 is 28.8 Å². The summed E-state index contributed by atoms with van der Waals surface area (Å²) in [5.74, 6) is 2.19. The van der Waals surface area contributed by atoms with Crippen LogP contribution in [-0.2, 0) is 28.8 Å². The predicted molar refractivity (Wildman–Crippen MR) is 236 cm³/mol. The van der Waals surface area contributed by atoms with Gasteiger partial charge in [0.05, 0.1) is 0 Å². The normalized spacial score (nSPS) is 11.0. The van der Waals surface area contributed by atoms with Crippen molar-refractivity contribution in [2.45, 2.75) is 206 Å². The van der Waals surface area contributed by atoms with Crippen LogP contribution in [0.3, 0.4) is 0 Å². The molecule has 0 aliphatic heterocycles. The molecule has 0 saturated heterocycles. The average molecular weight is 803 g/mol. The number of hydrogen-bond donors (Lipinski definition) is 6. The molecular weight excluding hydrogens is 709 g/mol. The first-order valence-corrected chi connectivity index (χ1v) is 21.3. The zero-order valence-electron chi connectivity index (χ0n) is 38.9. The molecule has 12 N–H and O–H groups in total. The van der Waals surface area contributed by atoms with E-state index in [1.807, 2.05) is 41.5 Å². The Labute approximate surface area is 344 Å². The van der Waals surface area contributed by atoms with Gasteiger partial charge in [-0.1, -0.05) is 148 Å². The summed E-state index contributed by atoms with van der Waals surface area (Å²) in [5.41, 5.74) is 29.6. The number of rotatable bonds is 24. The fourth-order valence-electron chi connectivity index (χ4n) is 4.44. The third-order valence-corrected chi connectivity index (χ3v) is 8.18. The highest BCUT2D eigenvalue weighted by atomic mass is 16.2. The summed E-state index contributed by atoms with van der Waals surface area (Å²) in [6.07, 6.45) is 15.9. The lowest BCUT2D eigenvalue weighted by atomic mass is 9.88. The summed E-state index contributed by atoms with van der Waals surface area (Å²) in [7, 11) is 0. The molecule has 0 saturated carbocycles. The fourth-order valence-corrected chi connectivity index (χ4v) is 4.44. The smallest absolute Gasteiger partial charge is 0.223 e. The molecule has 6 amide bonds. The van der Waals surface area contributed by atoms with Crippen molar-refractivity contribution >= 4 is 35.4 Å². The SMILES string of the molecule is CC(C)CC(N)=O.CC(C)CCC(C)C(N)=O.CC(C)CCCC(N)=O.CC(C)CCCCC(N)=O.CC(C)CCCCCC(N)=O.CCCC(C)(C)C(N)=O. The topological polar surface area (TPSA) is 259 Å². The highest BCUT2D eigenvalue weighted by Gasteiger charge is 2.22. The Morgan fingerprint density at radius 1 is 0.429 bits per heavy atom. The second-order valence-corrected chi connectivity index (χ2v) is 17.7. The maximum Gasteiger partial charge on any atom is 0.223 e. The quantitative estimate of drug-likeness (QED) is 0.0521. The highest BCUT2D eigenvalue weighted by molar-refractivity contribution is 5.79. The van der Waals surface area contributed by atoms with Crippen molar-refractivity contribution in [3.63, 3.8) is 0 Å². The van der Waals surface area contributed by atoms with Gasteiger partial charge in [0.1, 0.15) is 0 Å². The summed E-state index contributed by atoms with van der Waals surface area (Å²) in [6.45, 7) is 29.0. The summed E-state index contributed by atoms with van der Waals surface area (Å²) in [4.78, 5) is 62.0. The fraction of sp³-hybridized carbons (Fsp3) is 0.864. The Balaban J connectivity index is -0.000000135. The molecule has 0 heterocycles. The Morgan fingerprint density at radius 3 is 1.02 bits per heavy atom. The van der Waals surface area contributed by atoms with Crippen molar-refractivity contribution in [1.82, 2.24) is 0 Å². The number of unbranched alkanes of at least 4 members (excludes halogenated alkanes) is 3. The van der Waals surface area contributed by atoms with Crippen molar-refractivity contribution in [3.8, 4) is 0 Å². The molecule has 0 aromatic carbocycles. The maximum atomic E-state index is 10.6. The average Bonchev–Trinajstić information content (AvgIpc) is 3.01. The van der Waals surface area contributed by atoms with Crippen LogP contribution in [0, 0.1) is 40.9 Å². The number of hydrogen-bond acceptors (Lipinski definition) is 6. The molecule has 0 aliphatic rings. The van der Waals surface area contributed by atoms with Crippen molar-refractivity contribution in [3.05, 3.63) is 0 Å². The minimum absolute atomic E-state index is 0.0439. The second kappa shape index (κ2) is 43.0. The zero-order valence-corrected chi connectivity index (χ0v) is 38.9. The van der Waals surface area contributed by atoms with Gasteiger partial charge in [0.15, 0.2) is 0 Å². The molecule has 0 aromatic rings. The number of carbonyl (C=O) groups excluding carboxylic acids is 6. The lowest BCUT2D eigenvalue weighted by Gasteiger charge is -2.18. The standard InChI is InChI=1S/C9H19NO.2C8H17NO.2C7H15NO.C5H11NO/c1-8(2)6-4-3-5-7-9(10)11;1-6(2)4-5-7(3)8(9)10;1-7(2)5-3-4-6-8(9)10;1-6(2)4-3-5-7(8)9;1-4-5-7(2,3)6(8)9;1-4(2)3-5(6)7/h8H,3-7H2,1-2H3,(H2,10,11);6-7H,4-5H2,1-3H3,(H2,9,10);7H,3-6H2,1-2H3,(H2,9,10);6H,3-5H2,1-2H3,(H2,8,9);4-5H2,1-3H3,(H2,8,9);4H,3H2,1-2H3,(H2,6,7). The van der Waals surface area contributed by atoms with Crippen molar-refractivity contribution in [2.24, 2.45) is 75.3 Å². The van der Waals surface area contributed by atoms with Crippen LogP contribution < -0.4 is 34.4 Å². The van der Waals surface area contributed by atoms with Gasteiger partial charge in [0.25, 0.3) is 0 Å². The zero-order chi connectivity index (χ0) is 45.4. The molecule has 56 heavy (non-hydrogen) atoms. The molecule has 0 aliphatic carbocycles. The maximum absolute atomic E-state index is 10.6. The third kappa shape index (κ3) is 75.7. The van der Waals surface area contributed by atoms with E-state index in [2.05, 4.69) is 55.4 Å². The van der Waals surface area contributed by atoms with E-state index in [1.54, 1.807) is 0 Å². The van der Waals surface area contributed by atoms with E-state index in [0.29, 0.717) is 43.4 Å². The number of primary amides is 6. The molecule has 1 atom stereocenters. The summed E-state index contributed by atoms with van der Waals surface area (Å²) in [5, 5.41) is 0. The minimum Gasteiger partial charge on any atom is -0.370 e. The van der Waals surface area contributed by atoms with Crippen molar-refractivity contribution in [2.75, 3.05) is 0 Å². The van der Waals surface area contributed by atoms with Gasteiger partial charge in [0, 0.05) is 37.0 Å². The molecule has 0 radical (unpaired) electrons. The predicted octanol–water partition coefficient (Wildman–Crippen LogP) is 8.42. The second-order valence-electron chi connectivity index (χ2n) is 17.7. The van der Waals surface area contributed by atoms with Gasteiger partial charge < -0.3 is 34.4 Å². The summed E-state index contributed by atoms with van der Waals surface area (Å²) in [6, 6.07) is 0. The van der Waals surface area contributed by atoms with E-state index in [0.717, 1.165) is 76.0 Å². The largest absolute Gasteiger partial charge is 0.370 e. The first kappa shape index (κ1) is 64.7. The van der Waals surface area contributed by atoms with Crippen LogP contribution in [0.25, 0.3) is 0 Å². The highest BCUT2D eigenvalue weighted by Crippen LogP contribution is 2.20. The van der Waals surface area contributed by atoms with E-state index in [9.17, 15) is 28.8 Å². The van der Waals surface area contributed by atoms with Crippen LogP contribution in [0.5, 0.6) is 0 Å². The Hall–Kier alpha value is -3.18. The van der Waals surface area contributed by atoms with E-state index in [1.165, 1.54) is 19.3 Å². The van der Waals surface area contributed by atoms with Gasteiger partial charge >= 0.3 is 0 Å². The minimum atomic E-state index is -0.311. The van der Waals surface area contributed by atoms with Gasteiger partial charge in [-0.25, -0.2) is 0 Å². The molecule has 12 heteroatoms. The van der Waals surface area contributed by atoms with Crippen LogP contribution in [0.2, 0.25) is 0 Å². The van der Waals surface area contributed by atoms with Gasteiger partial charge in [-0.2, -0.15) is 0 Å². The van der Waals surface area contributed by atoms with Crippen LogP contribution in [-0.4, -0.2) is 35.4 Å². The molecule has 0 spiro atoms. The molecule has 0 bridgehead atoms. The number of amides is 6. The molecule has 0 rings (SSSR count). The van der Waals surface area contributed by atoms with Crippen LogP contribution in [0.4, 0.5) is 0 Å². The monoisotopic (exact) mass is 803 g/mol. The van der Waals surface area contributed by atoms with E-state index >= 15 is 0 Å². The summed E-state index contributed by atoms with van der Waals surface area (Å²) >= 11 is 0. The van der Waals surface area contributed by atoms with E-state index in [4.69, 9.17) is 34.4 Å². The molecule has 336 valence electrons. The Morgan fingerprint density at radius 2 is 0.768 bits per heavy atom. The first-order chi connectivity index (χ1) is 25.5. The summed E-state index contributed by atoms with van der Waals surface area (Å²) < 4.78 is 0. The Bertz CT molecular complexity index is 981. The molecule has 0 aromatic heterocycles. The lowest BCUT2D eigenvalue weighted by Crippen LogP contribution is -2.31. The van der Waals surface area contributed by atoms with Gasteiger partial charge in [0.2, 0.25) is 35.4 Å². The number of carbonyl (C=O) groups is 6. The number of nitrogens with two attached hydrogens (primary N) is 6. The van der Waals surface area contributed by atoms with Gasteiger partial charge in [-0.05, 0) is 61.7 Å². The van der Waals surface area contributed by atoms with Gasteiger partial charge in [-0.15, -0.1) is 0 Å². The van der Waals surface area contributed by atoms with Gasteiger partial charge in [-0.3, -0.25) is 28.8 Å². The lowest BCUT2D eigenvalue weighted by molar-refractivity contribution is -0.126. The Kier molecular flexibility index (Phi) is 49.6. The van der Waals surface area contributed by atoms with Crippen LogP contribution >= 0.6 is 0 Å². The van der Waals surface area contributed by atoms with E-state index < -0.39 is 0 Å². The molecule has 0 fully saturated rings.